The van der Waals surface area contributed by atoms with E-state index in [0.717, 1.165) is 5.56 Å². The van der Waals surface area contributed by atoms with E-state index in [2.05, 4.69) is 9.72 Å². The van der Waals surface area contributed by atoms with Crippen LogP contribution in [0.2, 0.25) is 0 Å². The summed E-state index contributed by atoms with van der Waals surface area (Å²) < 4.78 is 46.0. The van der Waals surface area contributed by atoms with Crippen LogP contribution in [0.15, 0.2) is 72.9 Å². The number of aromatic nitrogens is 1. The molecule has 25 heavy (non-hydrogen) atoms. The van der Waals surface area contributed by atoms with Gasteiger partial charge in [-0.25, -0.2) is 0 Å². The van der Waals surface area contributed by atoms with Crippen molar-refractivity contribution in [1.82, 2.24) is 4.98 Å². The Bertz CT molecular complexity index is 801. The van der Waals surface area contributed by atoms with Crippen LogP contribution in [0.3, 0.4) is 0 Å². The summed E-state index contributed by atoms with van der Waals surface area (Å²) in [6.07, 6.45) is -3.12. The number of alkyl halides is 3. The van der Waals surface area contributed by atoms with Gasteiger partial charge in [-0.1, -0.05) is 30.3 Å². The van der Waals surface area contributed by atoms with Gasteiger partial charge in [0.15, 0.2) is 0 Å². The van der Waals surface area contributed by atoms with Gasteiger partial charge < -0.3 is 9.47 Å². The van der Waals surface area contributed by atoms with Crippen LogP contribution >= 0.6 is 0 Å². The zero-order valence-corrected chi connectivity index (χ0v) is 13.0. The number of rotatable bonds is 5. The van der Waals surface area contributed by atoms with Crippen molar-refractivity contribution in [2.75, 3.05) is 0 Å². The number of hydrogen-bond donors (Lipinski definition) is 0. The summed E-state index contributed by atoms with van der Waals surface area (Å²) in [5, 5.41) is 0. The predicted molar refractivity (Wildman–Crippen MR) is 87.1 cm³/mol. The Kier molecular flexibility index (Phi) is 4.88. The third kappa shape index (κ3) is 4.97. The highest BCUT2D eigenvalue weighted by Crippen LogP contribution is 2.26. The Labute approximate surface area is 142 Å². The zero-order valence-electron chi connectivity index (χ0n) is 13.0. The molecule has 0 N–H and O–H groups in total. The first-order valence-electron chi connectivity index (χ1n) is 7.48. The molecule has 0 radical (unpaired) electrons. The van der Waals surface area contributed by atoms with Crippen molar-refractivity contribution in [2.24, 2.45) is 0 Å². The fourth-order valence-electron chi connectivity index (χ4n) is 2.20. The highest BCUT2D eigenvalue weighted by molar-refractivity contribution is 5.60. The zero-order chi connectivity index (χ0) is 17.7. The fourth-order valence-corrected chi connectivity index (χ4v) is 2.20. The molecule has 3 rings (SSSR count). The molecule has 0 bridgehead atoms. The minimum atomic E-state index is -4.70. The molecular formula is C19H14F3NO2. The average Bonchev–Trinajstić information content (AvgIpc) is 2.61. The quantitative estimate of drug-likeness (QED) is 0.635. The van der Waals surface area contributed by atoms with Crippen LogP contribution in [-0.4, -0.2) is 11.3 Å². The van der Waals surface area contributed by atoms with E-state index < -0.39 is 6.36 Å². The number of hydrogen-bond acceptors (Lipinski definition) is 3. The van der Waals surface area contributed by atoms with Crippen LogP contribution in [0, 0.1) is 0 Å². The lowest BCUT2D eigenvalue weighted by Crippen LogP contribution is -2.16. The summed E-state index contributed by atoms with van der Waals surface area (Å²) in [6.45, 7) is 0.436. The lowest BCUT2D eigenvalue weighted by atomic mass is 10.1. The molecule has 3 nitrogen and oxygen atoms in total. The van der Waals surface area contributed by atoms with Crippen LogP contribution in [0.25, 0.3) is 11.3 Å². The van der Waals surface area contributed by atoms with Gasteiger partial charge in [0, 0.05) is 5.56 Å². The van der Waals surface area contributed by atoms with Crippen molar-refractivity contribution in [3.05, 3.63) is 78.5 Å². The molecule has 0 aliphatic rings. The monoisotopic (exact) mass is 345 g/mol. The Morgan fingerprint density at radius 1 is 0.800 bits per heavy atom. The van der Waals surface area contributed by atoms with Crippen molar-refractivity contribution < 1.29 is 22.6 Å². The third-order valence-electron chi connectivity index (χ3n) is 3.37. The Morgan fingerprint density at radius 2 is 1.48 bits per heavy atom. The molecule has 0 spiro atoms. The van der Waals surface area contributed by atoms with Crippen molar-refractivity contribution in [1.29, 1.82) is 0 Å². The van der Waals surface area contributed by atoms with E-state index in [1.54, 1.807) is 18.3 Å². The summed E-state index contributed by atoms with van der Waals surface area (Å²) in [7, 11) is 0. The van der Waals surface area contributed by atoms with Gasteiger partial charge in [-0.2, -0.15) is 0 Å². The smallest absolute Gasteiger partial charge is 0.487 e. The topological polar surface area (TPSA) is 31.4 Å². The largest absolute Gasteiger partial charge is 0.573 e. The maximum Gasteiger partial charge on any atom is 0.573 e. The molecule has 0 saturated carbocycles. The van der Waals surface area contributed by atoms with Crippen molar-refractivity contribution in [2.45, 2.75) is 13.0 Å². The van der Waals surface area contributed by atoms with Gasteiger partial charge >= 0.3 is 6.36 Å². The maximum atomic E-state index is 12.2. The van der Waals surface area contributed by atoms with E-state index in [1.165, 1.54) is 24.3 Å². The molecular weight excluding hydrogens is 331 g/mol. The van der Waals surface area contributed by atoms with Crippen LogP contribution < -0.4 is 9.47 Å². The minimum absolute atomic E-state index is 0.265. The van der Waals surface area contributed by atoms with Gasteiger partial charge in [0.2, 0.25) is 0 Å². The molecule has 6 heteroatoms. The van der Waals surface area contributed by atoms with Crippen molar-refractivity contribution >= 4 is 0 Å². The van der Waals surface area contributed by atoms with Gasteiger partial charge in [0.05, 0.1) is 11.9 Å². The SMILES string of the molecule is FC(F)(F)Oc1ccc(-c2ccc(OCc3ccccc3)cn2)cc1. The number of benzene rings is 2. The van der Waals surface area contributed by atoms with Gasteiger partial charge in [-0.15, -0.1) is 13.2 Å². The summed E-state index contributed by atoms with van der Waals surface area (Å²) in [6, 6.07) is 18.8. The Morgan fingerprint density at radius 3 is 2.08 bits per heavy atom. The first kappa shape index (κ1) is 16.8. The first-order chi connectivity index (χ1) is 12.0. The molecule has 0 aliphatic carbocycles. The second-order valence-corrected chi connectivity index (χ2v) is 5.23. The third-order valence-corrected chi connectivity index (χ3v) is 3.37. The molecule has 1 aromatic heterocycles. The van der Waals surface area contributed by atoms with Crippen LogP contribution in [0.5, 0.6) is 11.5 Å². The standard InChI is InChI=1S/C19H14F3NO2/c20-19(21,22)25-16-8-6-15(7-9-16)18-11-10-17(12-23-18)24-13-14-4-2-1-3-5-14/h1-12H,13H2. The minimum Gasteiger partial charge on any atom is -0.487 e. The molecule has 0 fully saturated rings. The molecule has 2 aromatic carbocycles. The molecule has 3 aromatic rings. The van der Waals surface area contributed by atoms with E-state index in [-0.39, 0.29) is 5.75 Å². The fraction of sp³-hybridized carbons (Fsp3) is 0.105. The highest BCUT2D eigenvalue weighted by Gasteiger charge is 2.30. The Balaban J connectivity index is 1.64. The van der Waals surface area contributed by atoms with E-state index in [0.29, 0.717) is 23.6 Å². The van der Waals surface area contributed by atoms with Crippen LogP contribution in [-0.2, 0) is 6.61 Å². The lowest BCUT2D eigenvalue weighted by Gasteiger charge is -2.09. The summed E-state index contributed by atoms with van der Waals surface area (Å²) in [4.78, 5) is 4.28. The van der Waals surface area contributed by atoms with Gasteiger partial charge in [-0.05, 0) is 42.0 Å². The second kappa shape index (κ2) is 7.25. The van der Waals surface area contributed by atoms with Crippen LogP contribution in [0.1, 0.15) is 5.56 Å². The molecule has 0 aliphatic heterocycles. The van der Waals surface area contributed by atoms with Gasteiger partial charge in [0.25, 0.3) is 0 Å². The molecule has 0 saturated heterocycles. The van der Waals surface area contributed by atoms with Crippen molar-refractivity contribution in [3.63, 3.8) is 0 Å². The predicted octanol–water partition coefficient (Wildman–Crippen LogP) is 5.23. The van der Waals surface area contributed by atoms with E-state index in [1.807, 2.05) is 30.3 Å². The molecule has 128 valence electrons. The summed E-state index contributed by atoms with van der Waals surface area (Å²) >= 11 is 0. The summed E-state index contributed by atoms with van der Waals surface area (Å²) in [5.74, 6) is 0.351. The van der Waals surface area contributed by atoms with Crippen molar-refractivity contribution in [3.8, 4) is 22.8 Å². The number of nitrogens with zero attached hydrogens (tertiary/aromatic N) is 1. The molecule has 0 atom stereocenters. The second-order valence-electron chi connectivity index (χ2n) is 5.23. The number of ether oxygens (including phenoxy) is 2. The van der Waals surface area contributed by atoms with Gasteiger partial charge in [0.1, 0.15) is 18.1 Å². The van der Waals surface area contributed by atoms with E-state index >= 15 is 0 Å². The molecule has 0 amide bonds. The van der Waals surface area contributed by atoms with Gasteiger partial charge in [-0.3, -0.25) is 4.98 Å². The lowest BCUT2D eigenvalue weighted by molar-refractivity contribution is -0.274. The maximum absolute atomic E-state index is 12.2. The molecule has 1 heterocycles. The molecule has 0 unspecified atom stereocenters. The van der Waals surface area contributed by atoms with E-state index in [9.17, 15) is 13.2 Å². The first-order valence-corrected chi connectivity index (χ1v) is 7.48. The van der Waals surface area contributed by atoms with Crippen LogP contribution in [0.4, 0.5) is 13.2 Å². The normalized spacial score (nSPS) is 11.2. The summed E-state index contributed by atoms with van der Waals surface area (Å²) in [5.41, 5.74) is 2.36. The average molecular weight is 345 g/mol. The Hall–Kier alpha value is -3.02. The number of pyridine rings is 1. The van der Waals surface area contributed by atoms with E-state index in [4.69, 9.17) is 4.74 Å². The number of halogens is 3. The highest BCUT2D eigenvalue weighted by atomic mass is 19.4.